The van der Waals surface area contributed by atoms with E-state index < -0.39 is 18.0 Å². The Kier molecular flexibility index (Phi) is 4.71. The van der Waals surface area contributed by atoms with E-state index in [0.29, 0.717) is 5.75 Å². The molecule has 0 radical (unpaired) electrons. The van der Waals surface area contributed by atoms with E-state index in [1.165, 1.54) is 14.2 Å². The Bertz CT molecular complexity index is 437. The van der Waals surface area contributed by atoms with Crippen LogP contribution in [-0.4, -0.2) is 32.3 Å². The van der Waals surface area contributed by atoms with E-state index in [2.05, 4.69) is 9.47 Å². The first-order chi connectivity index (χ1) is 8.51. The van der Waals surface area contributed by atoms with Crippen molar-refractivity contribution in [1.29, 1.82) is 0 Å². The van der Waals surface area contributed by atoms with Gasteiger partial charge in [-0.25, -0.2) is 9.59 Å². The van der Waals surface area contributed by atoms with Crippen LogP contribution in [0, 0.1) is 13.8 Å². The minimum Gasteiger partial charge on any atom is -0.467 e. The number of carbonyl (C=O) groups excluding carboxylic acids is 2. The summed E-state index contributed by atoms with van der Waals surface area (Å²) >= 11 is 0. The third-order valence-electron chi connectivity index (χ3n) is 2.63. The van der Waals surface area contributed by atoms with Crippen LogP contribution in [0.5, 0.6) is 5.75 Å². The first-order valence-corrected chi connectivity index (χ1v) is 5.39. The van der Waals surface area contributed by atoms with E-state index in [9.17, 15) is 9.59 Å². The summed E-state index contributed by atoms with van der Waals surface area (Å²) in [5.74, 6) is -1.12. The Balaban J connectivity index is 3.00. The van der Waals surface area contributed by atoms with Gasteiger partial charge >= 0.3 is 11.9 Å². The highest BCUT2D eigenvalue weighted by Gasteiger charge is 2.31. The highest BCUT2D eigenvalue weighted by molar-refractivity contribution is 5.98. The average Bonchev–Trinajstić information content (AvgIpc) is 2.38. The average molecular weight is 252 g/mol. The number of carbonyl (C=O) groups is 2. The molecule has 0 saturated heterocycles. The van der Waals surface area contributed by atoms with Crippen LogP contribution < -0.4 is 4.74 Å². The summed E-state index contributed by atoms with van der Waals surface area (Å²) in [5.41, 5.74) is 1.86. The van der Waals surface area contributed by atoms with E-state index >= 15 is 0 Å². The van der Waals surface area contributed by atoms with Gasteiger partial charge in [-0.05, 0) is 31.0 Å². The highest BCUT2D eigenvalue weighted by atomic mass is 16.6. The van der Waals surface area contributed by atoms with Gasteiger partial charge in [0.15, 0.2) is 0 Å². The van der Waals surface area contributed by atoms with Crippen molar-refractivity contribution in [3.8, 4) is 5.75 Å². The smallest absolute Gasteiger partial charge is 0.359 e. The molecule has 18 heavy (non-hydrogen) atoms. The second-order valence-corrected chi connectivity index (χ2v) is 3.74. The third kappa shape index (κ3) is 3.00. The van der Waals surface area contributed by atoms with Crippen LogP contribution in [0.4, 0.5) is 0 Å². The zero-order chi connectivity index (χ0) is 13.7. The molecule has 1 rings (SSSR count). The second-order valence-electron chi connectivity index (χ2n) is 3.74. The molecule has 5 nitrogen and oxygen atoms in total. The number of benzene rings is 1. The molecule has 0 aliphatic rings. The molecule has 0 aliphatic heterocycles. The normalized spacial score (nSPS) is 10.1. The van der Waals surface area contributed by atoms with Gasteiger partial charge in [-0.2, -0.15) is 0 Å². The fraction of sp³-hybridized carbons (Fsp3) is 0.385. The van der Waals surface area contributed by atoms with Crippen LogP contribution in [-0.2, 0) is 19.1 Å². The molecular formula is C13H16O5. The maximum Gasteiger partial charge on any atom is 0.359 e. The number of esters is 2. The molecular weight excluding hydrogens is 236 g/mol. The molecule has 0 atom stereocenters. The summed E-state index contributed by atoms with van der Waals surface area (Å²) in [7, 11) is 2.37. The van der Waals surface area contributed by atoms with Crippen molar-refractivity contribution in [2.24, 2.45) is 0 Å². The molecule has 0 bridgehead atoms. The molecule has 0 saturated carbocycles. The maximum absolute atomic E-state index is 11.5. The minimum absolute atomic E-state index is 0.454. The van der Waals surface area contributed by atoms with Crippen LogP contribution in [0.15, 0.2) is 18.2 Å². The van der Waals surface area contributed by atoms with E-state index in [-0.39, 0.29) is 0 Å². The third-order valence-corrected chi connectivity index (χ3v) is 2.63. The van der Waals surface area contributed by atoms with Gasteiger partial charge < -0.3 is 14.2 Å². The number of methoxy groups -OCH3 is 2. The van der Waals surface area contributed by atoms with Crippen LogP contribution in [0.2, 0.25) is 0 Å². The fourth-order valence-electron chi connectivity index (χ4n) is 1.39. The Morgan fingerprint density at radius 2 is 1.61 bits per heavy atom. The van der Waals surface area contributed by atoms with Crippen molar-refractivity contribution >= 4 is 11.9 Å². The Labute approximate surface area is 106 Å². The van der Waals surface area contributed by atoms with Crippen LogP contribution in [0.1, 0.15) is 11.1 Å². The van der Waals surface area contributed by atoms with Gasteiger partial charge in [0, 0.05) is 0 Å². The first kappa shape index (κ1) is 14.0. The lowest BCUT2D eigenvalue weighted by atomic mass is 10.1. The predicted molar refractivity (Wildman–Crippen MR) is 64.4 cm³/mol. The largest absolute Gasteiger partial charge is 0.467 e. The Hall–Kier alpha value is -2.04. The second kappa shape index (κ2) is 6.05. The van der Waals surface area contributed by atoms with Gasteiger partial charge in [0.2, 0.25) is 0 Å². The molecule has 0 fully saturated rings. The Morgan fingerprint density at radius 3 is 2.11 bits per heavy atom. The summed E-state index contributed by atoms with van der Waals surface area (Å²) in [6, 6.07) is 5.37. The first-order valence-electron chi connectivity index (χ1n) is 5.39. The number of ether oxygens (including phenoxy) is 3. The van der Waals surface area contributed by atoms with Crippen LogP contribution in [0.25, 0.3) is 0 Å². The summed E-state index contributed by atoms with van der Waals surface area (Å²) in [4.78, 5) is 22.9. The zero-order valence-corrected chi connectivity index (χ0v) is 10.9. The molecule has 1 aromatic carbocycles. The van der Waals surface area contributed by atoms with Gasteiger partial charge in [-0.3, -0.25) is 0 Å². The topological polar surface area (TPSA) is 61.8 Å². The van der Waals surface area contributed by atoms with Crippen LogP contribution in [0.3, 0.4) is 0 Å². The summed E-state index contributed by atoms with van der Waals surface area (Å²) < 4.78 is 14.4. The molecule has 0 amide bonds. The highest BCUT2D eigenvalue weighted by Crippen LogP contribution is 2.22. The number of hydrogen-bond donors (Lipinski definition) is 0. The molecule has 1 aromatic rings. The lowest BCUT2D eigenvalue weighted by molar-refractivity contribution is -0.163. The standard InChI is InChI=1S/C13H16O5/c1-8-6-5-7-10(9(8)2)18-11(12(14)16-3)13(15)17-4/h5-7,11H,1-4H3. The van der Waals surface area contributed by atoms with E-state index in [4.69, 9.17) is 4.74 Å². The van der Waals surface area contributed by atoms with Crippen molar-refractivity contribution in [2.75, 3.05) is 14.2 Å². The summed E-state index contributed by atoms with van der Waals surface area (Å²) in [6.07, 6.45) is -1.40. The van der Waals surface area contributed by atoms with Gasteiger partial charge in [0.05, 0.1) is 14.2 Å². The van der Waals surface area contributed by atoms with Crippen molar-refractivity contribution < 1.29 is 23.8 Å². The van der Waals surface area contributed by atoms with E-state index in [1.54, 1.807) is 12.1 Å². The zero-order valence-electron chi connectivity index (χ0n) is 10.9. The number of aryl methyl sites for hydroxylation is 1. The van der Waals surface area contributed by atoms with Crippen molar-refractivity contribution in [3.63, 3.8) is 0 Å². The molecule has 0 N–H and O–H groups in total. The Morgan fingerprint density at radius 1 is 1.06 bits per heavy atom. The quantitative estimate of drug-likeness (QED) is 0.598. The minimum atomic E-state index is -1.40. The molecule has 0 unspecified atom stereocenters. The van der Waals surface area contributed by atoms with Gasteiger partial charge in [-0.15, -0.1) is 0 Å². The van der Waals surface area contributed by atoms with E-state index in [1.807, 2.05) is 19.9 Å². The van der Waals surface area contributed by atoms with Crippen molar-refractivity contribution in [2.45, 2.75) is 20.0 Å². The van der Waals surface area contributed by atoms with Crippen molar-refractivity contribution in [3.05, 3.63) is 29.3 Å². The molecule has 0 spiro atoms. The van der Waals surface area contributed by atoms with Crippen molar-refractivity contribution in [1.82, 2.24) is 0 Å². The van der Waals surface area contributed by atoms with Gasteiger partial charge in [0.25, 0.3) is 6.10 Å². The lowest BCUT2D eigenvalue weighted by Crippen LogP contribution is -2.37. The molecule has 98 valence electrons. The molecule has 5 heteroatoms. The fourth-order valence-corrected chi connectivity index (χ4v) is 1.39. The summed E-state index contributed by atoms with van der Waals surface area (Å²) in [5, 5.41) is 0. The molecule has 0 heterocycles. The van der Waals surface area contributed by atoms with Crippen LogP contribution >= 0.6 is 0 Å². The number of hydrogen-bond acceptors (Lipinski definition) is 5. The number of rotatable bonds is 4. The monoisotopic (exact) mass is 252 g/mol. The van der Waals surface area contributed by atoms with Gasteiger partial charge in [-0.1, -0.05) is 12.1 Å². The lowest BCUT2D eigenvalue weighted by Gasteiger charge is -2.16. The molecule has 0 aliphatic carbocycles. The summed E-state index contributed by atoms with van der Waals surface area (Å²) in [6.45, 7) is 3.75. The van der Waals surface area contributed by atoms with E-state index in [0.717, 1.165) is 11.1 Å². The maximum atomic E-state index is 11.5. The molecule has 0 aromatic heterocycles. The predicted octanol–water partition coefficient (Wildman–Crippen LogP) is 1.40. The van der Waals surface area contributed by atoms with Gasteiger partial charge in [0.1, 0.15) is 5.75 Å². The SMILES string of the molecule is COC(=O)C(Oc1cccc(C)c1C)C(=O)OC.